The van der Waals surface area contributed by atoms with Gasteiger partial charge in [-0.2, -0.15) is 4.98 Å². The molecule has 0 spiro atoms. The van der Waals surface area contributed by atoms with Crippen molar-refractivity contribution < 1.29 is 13.4 Å². The van der Waals surface area contributed by atoms with Gasteiger partial charge in [0.15, 0.2) is 5.65 Å². The topological polar surface area (TPSA) is 76.4 Å². The number of fused-ring (bicyclic) bond motifs is 1. The normalized spacial score (nSPS) is 12.0. The number of carbonyl (C=O) groups is 1. The van der Waals surface area contributed by atoms with Crippen molar-refractivity contribution in [2.45, 2.75) is 24.7 Å². The number of rotatable bonds is 8. The van der Waals surface area contributed by atoms with Gasteiger partial charge in [0.05, 0.1) is 0 Å². The third-order valence-corrected chi connectivity index (χ3v) is 7.03. The molecule has 37 heavy (non-hydrogen) atoms. The second kappa shape index (κ2) is 10.4. The summed E-state index contributed by atoms with van der Waals surface area (Å²) in [5.41, 5.74) is 6.23. The van der Waals surface area contributed by atoms with Crippen LogP contribution in [-0.4, -0.2) is 30.8 Å². The molecule has 2 aromatic heterocycles. The Morgan fingerprint density at radius 1 is 0.919 bits per heavy atom. The first-order valence-electron chi connectivity index (χ1n) is 11.8. The number of Topliss-reactive ketones (excluding diaryl/α,β-unsaturated/α-hetero) is 1. The van der Waals surface area contributed by atoms with E-state index in [0.717, 1.165) is 38.4 Å². The molecule has 0 aliphatic carbocycles. The van der Waals surface area contributed by atoms with E-state index in [1.165, 1.54) is 12.1 Å². The summed E-state index contributed by atoms with van der Waals surface area (Å²) in [4.78, 5) is 17.8. The first kappa shape index (κ1) is 24.5. The van der Waals surface area contributed by atoms with E-state index in [1.807, 2.05) is 67.7 Å². The molecule has 5 rings (SSSR count). The van der Waals surface area contributed by atoms with E-state index >= 15 is 0 Å². The molecule has 0 saturated carbocycles. The van der Waals surface area contributed by atoms with Crippen molar-refractivity contribution in [3.63, 3.8) is 0 Å². The van der Waals surface area contributed by atoms with Crippen molar-refractivity contribution in [1.82, 2.24) is 14.6 Å². The van der Waals surface area contributed by atoms with E-state index in [9.17, 15) is 13.4 Å². The number of benzene rings is 3. The maximum atomic E-state index is 13.1. The first-order valence-corrected chi connectivity index (χ1v) is 13.3. The predicted molar refractivity (Wildman–Crippen MR) is 144 cm³/mol. The zero-order valence-corrected chi connectivity index (χ0v) is 21.3. The minimum atomic E-state index is -1.03. The van der Waals surface area contributed by atoms with Crippen LogP contribution in [-0.2, 0) is 28.4 Å². The third kappa shape index (κ3) is 5.81. The highest BCUT2D eigenvalue weighted by atomic mass is 32.2. The Hall–Kier alpha value is -4.17. The molecule has 2 heterocycles. The lowest BCUT2D eigenvalue weighted by molar-refractivity contribution is -0.117. The number of hydrogen-bond acceptors (Lipinski definition) is 5. The van der Waals surface area contributed by atoms with Gasteiger partial charge in [-0.15, -0.1) is 5.10 Å². The van der Waals surface area contributed by atoms with Gasteiger partial charge in [-0.25, -0.2) is 8.91 Å². The van der Waals surface area contributed by atoms with Crippen molar-refractivity contribution in [1.29, 1.82) is 0 Å². The standard InChI is InChI=1S/C29H25FN4O2S/c1-19-15-26(37(2)36)12-13-27(19)31-29-32-28-14-9-23(18-34(28)33-29)22-7-3-20(4-8-22)16-25(35)17-21-5-10-24(30)11-6-21/h3-15,18H,16-17H2,1-2H3,(H,31,33)/t37-/m1/s1. The summed E-state index contributed by atoms with van der Waals surface area (Å²) in [6.45, 7) is 1.95. The van der Waals surface area contributed by atoms with Gasteiger partial charge in [0.25, 0.3) is 0 Å². The number of pyridine rings is 1. The van der Waals surface area contributed by atoms with Gasteiger partial charge in [-0.3, -0.25) is 9.00 Å². The molecule has 186 valence electrons. The zero-order chi connectivity index (χ0) is 25.9. The molecule has 0 aliphatic rings. The lowest BCUT2D eigenvalue weighted by Gasteiger charge is -2.07. The highest BCUT2D eigenvalue weighted by Gasteiger charge is 2.10. The van der Waals surface area contributed by atoms with E-state index in [2.05, 4.69) is 15.4 Å². The lowest BCUT2D eigenvalue weighted by atomic mass is 10.0. The van der Waals surface area contributed by atoms with Gasteiger partial charge in [0.2, 0.25) is 5.95 Å². The maximum Gasteiger partial charge on any atom is 0.247 e. The van der Waals surface area contributed by atoms with Gasteiger partial charge < -0.3 is 5.32 Å². The Kier molecular flexibility index (Phi) is 6.92. The molecule has 1 N–H and O–H groups in total. The fourth-order valence-corrected chi connectivity index (χ4v) is 4.72. The van der Waals surface area contributed by atoms with Crippen LogP contribution in [0.5, 0.6) is 0 Å². The van der Waals surface area contributed by atoms with Crippen molar-refractivity contribution in [2.24, 2.45) is 0 Å². The van der Waals surface area contributed by atoms with Crippen molar-refractivity contribution in [3.05, 3.63) is 108 Å². The summed E-state index contributed by atoms with van der Waals surface area (Å²) in [5.74, 6) is 0.247. The molecular weight excluding hydrogens is 487 g/mol. The maximum absolute atomic E-state index is 13.1. The van der Waals surface area contributed by atoms with Crippen LogP contribution in [0.25, 0.3) is 16.8 Å². The number of nitrogens with one attached hydrogen (secondary N) is 1. The molecule has 0 radical (unpaired) electrons. The van der Waals surface area contributed by atoms with E-state index in [1.54, 1.807) is 22.9 Å². The number of hydrogen-bond donors (Lipinski definition) is 1. The van der Waals surface area contributed by atoms with Crippen LogP contribution in [0.15, 0.2) is 90.0 Å². The summed E-state index contributed by atoms with van der Waals surface area (Å²) < 4.78 is 26.5. The fraction of sp³-hybridized carbons (Fsp3) is 0.138. The number of anilines is 2. The lowest BCUT2D eigenvalue weighted by Crippen LogP contribution is -2.06. The Morgan fingerprint density at radius 2 is 1.57 bits per heavy atom. The summed E-state index contributed by atoms with van der Waals surface area (Å²) in [6, 6.07) is 23.4. The van der Waals surface area contributed by atoms with Crippen LogP contribution >= 0.6 is 0 Å². The monoisotopic (exact) mass is 512 g/mol. The van der Waals surface area contributed by atoms with Gasteiger partial charge in [0.1, 0.15) is 11.6 Å². The van der Waals surface area contributed by atoms with Crippen LogP contribution in [0.1, 0.15) is 16.7 Å². The predicted octanol–water partition coefficient (Wildman–Crippen LogP) is 5.68. The molecule has 1 atom stereocenters. The molecule has 6 nitrogen and oxygen atoms in total. The van der Waals surface area contributed by atoms with Crippen LogP contribution < -0.4 is 5.32 Å². The van der Waals surface area contributed by atoms with Crippen molar-refractivity contribution >= 4 is 33.9 Å². The molecular formula is C29H25FN4O2S. The Labute approximate surface area is 216 Å². The second-order valence-electron chi connectivity index (χ2n) is 8.93. The van der Waals surface area contributed by atoms with E-state index in [-0.39, 0.29) is 18.0 Å². The number of halogens is 1. The van der Waals surface area contributed by atoms with Crippen LogP contribution in [0.4, 0.5) is 16.0 Å². The first-order chi connectivity index (χ1) is 17.8. The second-order valence-corrected chi connectivity index (χ2v) is 10.3. The summed E-state index contributed by atoms with van der Waals surface area (Å²) in [6.07, 6.45) is 4.18. The minimum absolute atomic E-state index is 0.0799. The van der Waals surface area contributed by atoms with Crippen molar-refractivity contribution in [2.75, 3.05) is 11.6 Å². The molecule has 3 aromatic carbocycles. The van der Waals surface area contributed by atoms with Gasteiger partial charge in [0, 0.05) is 52.2 Å². The number of nitrogens with zero attached hydrogens (tertiary/aromatic N) is 3. The highest BCUT2D eigenvalue weighted by Crippen LogP contribution is 2.24. The Balaban J connectivity index is 1.27. The van der Waals surface area contributed by atoms with Crippen LogP contribution in [0.3, 0.4) is 0 Å². The third-order valence-electron chi connectivity index (χ3n) is 6.11. The van der Waals surface area contributed by atoms with Crippen LogP contribution in [0.2, 0.25) is 0 Å². The molecule has 0 saturated heterocycles. The Bertz CT molecular complexity index is 1610. The average molecular weight is 513 g/mol. The molecule has 0 fully saturated rings. The van der Waals surface area contributed by atoms with E-state index in [4.69, 9.17) is 0 Å². The smallest absolute Gasteiger partial charge is 0.247 e. The zero-order valence-electron chi connectivity index (χ0n) is 20.4. The highest BCUT2D eigenvalue weighted by molar-refractivity contribution is 7.84. The molecule has 0 amide bonds. The summed E-state index contributed by atoms with van der Waals surface area (Å²) in [5, 5.41) is 7.80. The molecule has 0 aliphatic heterocycles. The van der Waals surface area contributed by atoms with Crippen LogP contribution in [0, 0.1) is 12.7 Å². The fourth-order valence-electron chi connectivity index (χ4n) is 4.12. The van der Waals surface area contributed by atoms with E-state index < -0.39 is 10.8 Å². The molecule has 0 unspecified atom stereocenters. The quantitative estimate of drug-likeness (QED) is 0.290. The number of carbonyl (C=O) groups excluding carboxylic acids is 1. The van der Waals surface area contributed by atoms with Gasteiger partial charge >= 0.3 is 0 Å². The Morgan fingerprint density at radius 3 is 2.22 bits per heavy atom. The number of ketones is 1. The summed E-state index contributed by atoms with van der Waals surface area (Å²) >= 11 is 0. The van der Waals surface area contributed by atoms with Gasteiger partial charge in [-0.05, 0) is 71.6 Å². The van der Waals surface area contributed by atoms with E-state index in [0.29, 0.717) is 18.0 Å². The van der Waals surface area contributed by atoms with Gasteiger partial charge in [-0.1, -0.05) is 36.4 Å². The molecule has 0 bridgehead atoms. The largest absolute Gasteiger partial charge is 0.323 e. The summed E-state index contributed by atoms with van der Waals surface area (Å²) in [7, 11) is -1.03. The minimum Gasteiger partial charge on any atom is -0.323 e. The van der Waals surface area contributed by atoms with Crippen molar-refractivity contribution in [3.8, 4) is 11.1 Å². The molecule has 5 aromatic rings. The number of aromatic nitrogens is 3. The number of aryl methyl sites for hydroxylation is 1. The SMILES string of the molecule is Cc1cc([S@@](C)=O)ccc1Nc1nc2ccc(-c3ccc(CC(=O)Cc4ccc(F)cc4)cc3)cn2n1. The molecule has 8 heteroatoms. The average Bonchev–Trinajstić information content (AvgIpc) is 3.28.